The van der Waals surface area contributed by atoms with Crippen LogP contribution in [0.2, 0.25) is 0 Å². The Morgan fingerprint density at radius 1 is 0.839 bits per heavy atom. The van der Waals surface area contributed by atoms with Gasteiger partial charge in [0.15, 0.2) is 12.2 Å². The Bertz CT molecular complexity index is 797. The van der Waals surface area contributed by atoms with Crippen LogP contribution in [0.25, 0.3) is 0 Å². The quantitative estimate of drug-likeness (QED) is 0.403. The Hall–Kier alpha value is -3.21. The summed E-state index contributed by atoms with van der Waals surface area (Å²) in [4.78, 5) is 58.7. The van der Waals surface area contributed by atoms with Crippen molar-refractivity contribution in [1.82, 2.24) is 0 Å². The lowest BCUT2D eigenvalue weighted by Crippen LogP contribution is -2.63. The van der Waals surface area contributed by atoms with Gasteiger partial charge in [0.1, 0.15) is 12.7 Å². The van der Waals surface area contributed by atoms with E-state index in [-0.39, 0.29) is 0 Å². The highest BCUT2D eigenvalue weighted by Crippen LogP contribution is 2.30. The first kappa shape index (κ1) is 24.1. The molecule has 0 aromatic heterocycles. The van der Waals surface area contributed by atoms with Crippen LogP contribution < -0.4 is 0 Å². The predicted molar refractivity (Wildman–Crippen MR) is 99.9 cm³/mol. The number of carbonyl (C=O) groups is 5. The molecule has 0 saturated carbocycles. The molecule has 0 radical (unpaired) electrons. The largest absolute Gasteiger partial charge is 0.459 e. The highest BCUT2D eigenvalue weighted by Gasteiger charge is 2.53. The molecule has 1 aliphatic carbocycles. The van der Waals surface area contributed by atoms with Crippen LogP contribution in [0.1, 0.15) is 34.1 Å². The summed E-state index contributed by atoms with van der Waals surface area (Å²) >= 11 is 0. The van der Waals surface area contributed by atoms with Crippen LogP contribution >= 0.6 is 0 Å². The monoisotopic (exact) mass is 440 g/mol. The zero-order valence-electron chi connectivity index (χ0n) is 17.5. The molecule has 2 rings (SSSR count). The van der Waals surface area contributed by atoms with E-state index in [0.29, 0.717) is 12.0 Å². The van der Waals surface area contributed by atoms with Crippen LogP contribution in [-0.4, -0.2) is 67.2 Å². The summed E-state index contributed by atoms with van der Waals surface area (Å²) < 4.78 is 31.6. The minimum atomic E-state index is -1.51. The summed E-state index contributed by atoms with van der Waals surface area (Å²) in [6.07, 6.45) is -1.37. The summed E-state index contributed by atoms with van der Waals surface area (Å²) in [6.45, 7) is 3.98. The average Bonchev–Trinajstić information content (AvgIpc) is 3.18. The van der Waals surface area contributed by atoms with Crippen LogP contribution in [0.4, 0.5) is 0 Å². The molecule has 11 heteroatoms. The number of esters is 5. The highest BCUT2D eigenvalue weighted by molar-refractivity contribution is 5.89. The fourth-order valence-corrected chi connectivity index (χ4v) is 3.10. The third kappa shape index (κ3) is 6.92. The van der Waals surface area contributed by atoms with E-state index < -0.39 is 67.2 Å². The van der Waals surface area contributed by atoms with Crippen LogP contribution in [0.5, 0.6) is 0 Å². The van der Waals surface area contributed by atoms with Gasteiger partial charge in [-0.1, -0.05) is 18.2 Å². The molecule has 2 aliphatic rings. The van der Waals surface area contributed by atoms with Crippen LogP contribution in [-0.2, 0) is 52.4 Å². The van der Waals surface area contributed by atoms with Gasteiger partial charge in [-0.25, -0.2) is 4.79 Å². The Morgan fingerprint density at radius 2 is 1.39 bits per heavy atom. The average molecular weight is 440 g/mol. The molecule has 0 amide bonds. The van der Waals surface area contributed by atoms with Crippen molar-refractivity contribution in [2.45, 2.75) is 64.8 Å². The van der Waals surface area contributed by atoms with Crippen molar-refractivity contribution in [3.8, 4) is 0 Å². The predicted octanol–water partition coefficient (Wildman–Crippen LogP) is 0.499. The number of carbonyl (C=O) groups excluding carboxylic acids is 5. The first-order chi connectivity index (χ1) is 14.6. The zero-order chi connectivity index (χ0) is 23.1. The normalized spacial score (nSPS) is 27.0. The lowest BCUT2D eigenvalue weighted by atomic mass is 9.98. The standard InChI is InChI=1S/C20H24O11/c1-10(21)27-16-15(9-26-19(25)14-7-5-6-8-14)31-20(30-13(4)24)18(29-12(3)23)17(16)28-11(2)22/h5-7,15-18,20H,8-9H2,1-4H3/t15-,16-,17+,18-,20-/m1/s1. The Labute approximate surface area is 178 Å². The number of allylic oxidation sites excluding steroid dienone is 3. The Kier molecular flexibility index (Phi) is 8.31. The van der Waals surface area contributed by atoms with Crippen molar-refractivity contribution in [2.24, 2.45) is 0 Å². The fraction of sp³-hybridized carbons (Fsp3) is 0.550. The molecule has 1 saturated heterocycles. The van der Waals surface area contributed by atoms with E-state index in [4.69, 9.17) is 28.4 Å². The topological polar surface area (TPSA) is 141 Å². The minimum Gasteiger partial charge on any atom is -0.459 e. The van der Waals surface area contributed by atoms with Gasteiger partial charge in [0.25, 0.3) is 0 Å². The molecule has 11 nitrogen and oxygen atoms in total. The van der Waals surface area contributed by atoms with Gasteiger partial charge in [0.05, 0.1) is 0 Å². The SMILES string of the molecule is CC(=O)O[C@@H]1O[C@H](COC(=O)C2=CC=CC2)[C@@H](OC(C)=O)[C@H](OC(C)=O)[C@H]1OC(C)=O. The Morgan fingerprint density at radius 3 is 1.90 bits per heavy atom. The molecule has 31 heavy (non-hydrogen) atoms. The van der Waals surface area contributed by atoms with E-state index in [1.165, 1.54) is 0 Å². The molecular weight excluding hydrogens is 416 g/mol. The van der Waals surface area contributed by atoms with E-state index in [1.54, 1.807) is 18.2 Å². The maximum Gasteiger partial charge on any atom is 0.334 e. The maximum atomic E-state index is 12.2. The third-order valence-corrected chi connectivity index (χ3v) is 4.19. The fourth-order valence-electron chi connectivity index (χ4n) is 3.10. The number of hydrogen-bond donors (Lipinski definition) is 0. The van der Waals surface area contributed by atoms with Gasteiger partial charge < -0.3 is 28.4 Å². The second-order valence-electron chi connectivity index (χ2n) is 6.80. The van der Waals surface area contributed by atoms with Crippen molar-refractivity contribution >= 4 is 29.8 Å². The molecule has 0 bridgehead atoms. The lowest BCUT2D eigenvalue weighted by Gasteiger charge is -2.43. The molecule has 0 spiro atoms. The van der Waals surface area contributed by atoms with Gasteiger partial charge in [0, 0.05) is 33.3 Å². The van der Waals surface area contributed by atoms with Crippen molar-refractivity contribution < 1.29 is 52.4 Å². The Balaban J connectivity index is 2.31. The van der Waals surface area contributed by atoms with E-state index in [2.05, 4.69) is 0 Å². The highest BCUT2D eigenvalue weighted by atomic mass is 16.7. The first-order valence-electron chi connectivity index (χ1n) is 9.45. The number of ether oxygens (including phenoxy) is 6. The summed E-state index contributed by atoms with van der Waals surface area (Å²) in [5, 5.41) is 0. The van der Waals surface area contributed by atoms with Crippen molar-refractivity contribution in [1.29, 1.82) is 0 Å². The van der Waals surface area contributed by atoms with Gasteiger partial charge in [-0.2, -0.15) is 0 Å². The van der Waals surface area contributed by atoms with E-state index in [1.807, 2.05) is 0 Å². The second kappa shape index (κ2) is 10.7. The second-order valence-corrected chi connectivity index (χ2v) is 6.80. The molecule has 1 aliphatic heterocycles. The minimum absolute atomic E-state index is 0.401. The van der Waals surface area contributed by atoms with Crippen molar-refractivity contribution in [3.63, 3.8) is 0 Å². The third-order valence-electron chi connectivity index (χ3n) is 4.19. The van der Waals surface area contributed by atoms with Crippen LogP contribution in [0.3, 0.4) is 0 Å². The van der Waals surface area contributed by atoms with Gasteiger partial charge in [0.2, 0.25) is 12.4 Å². The number of rotatable bonds is 7. The smallest absolute Gasteiger partial charge is 0.334 e. The molecule has 0 aromatic carbocycles. The molecule has 170 valence electrons. The summed E-state index contributed by atoms with van der Waals surface area (Å²) in [5.74, 6) is -3.70. The van der Waals surface area contributed by atoms with Crippen LogP contribution in [0.15, 0.2) is 23.8 Å². The lowest BCUT2D eigenvalue weighted by molar-refractivity contribution is -0.300. The molecule has 5 atom stereocenters. The van der Waals surface area contributed by atoms with Gasteiger partial charge in [-0.05, 0) is 6.42 Å². The molecule has 0 unspecified atom stereocenters. The van der Waals surface area contributed by atoms with Crippen molar-refractivity contribution in [3.05, 3.63) is 23.8 Å². The van der Waals surface area contributed by atoms with Crippen molar-refractivity contribution in [2.75, 3.05) is 6.61 Å². The van der Waals surface area contributed by atoms with E-state index >= 15 is 0 Å². The molecule has 1 heterocycles. The summed E-state index contributed by atoms with van der Waals surface area (Å²) in [5.41, 5.74) is 0.408. The first-order valence-corrected chi connectivity index (χ1v) is 9.45. The molecule has 0 aromatic rings. The summed E-state index contributed by atoms with van der Waals surface area (Å²) in [6, 6.07) is 0. The maximum absolute atomic E-state index is 12.2. The van der Waals surface area contributed by atoms with Gasteiger partial charge >= 0.3 is 29.8 Å². The van der Waals surface area contributed by atoms with Crippen LogP contribution in [0, 0.1) is 0 Å². The van der Waals surface area contributed by atoms with Gasteiger partial charge in [-0.3, -0.25) is 19.2 Å². The molecular formula is C20H24O11. The van der Waals surface area contributed by atoms with Gasteiger partial charge in [-0.15, -0.1) is 0 Å². The van der Waals surface area contributed by atoms with E-state index in [0.717, 1.165) is 27.7 Å². The molecule has 0 N–H and O–H groups in total. The number of hydrogen-bond acceptors (Lipinski definition) is 11. The zero-order valence-corrected chi connectivity index (χ0v) is 17.5. The summed E-state index contributed by atoms with van der Waals surface area (Å²) in [7, 11) is 0. The molecule has 1 fully saturated rings. The van der Waals surface area contributed by atoms with E-state index in [9.17, 15) is 24.0 Å².